The van der Waals surface area contributed by atoms with Crippen LogP contribution >= 0.6 is 0 Å². The molecule has 222 valence electrons. The van der Waals surface area contributed by atoms with Crippen LogP contribution in [0.3, 0.4) is 0 Å². The van der Waals surface area contributed by atoms with Crippen LogP contribution in [-0.2, 0) is 0 Å². The van der Waals surface area contributed by atoms with Crippen LogP contribution in [0, 0.1) is 11.8 Å². The van der Waals surface area contributed by atoms with E-state index in [2.05, 4.69) is 98.5 Å². The Kier molecular flexibility index (Phi) is 13.6. The van der Waals surface area contributed by atoms with Crippen LogP contribution in [0.15, 0.2) is 72.8 Å². The van der Waals surface area contributed by atoms with E-state index in [9.17, 15) is 0 Å². The van der Waals surface area contributed by atoms with E-state index in [0.717, 1.165) is 48.7 Å². The summed E-state index contributed by atoms with van der Waals surface area (Å²) in [6, 6.07) is 25.6. The molecule has 0 saturated carbocycles. The van der Waals surface area contributed by atoms with E-state index in [1.807, 2.05) is 0 Å². The molecule has 2 nitrogen and oxygen atoms in total. The molecule has 0 amide bonds. The predicted octanol–water partition coefficient (Wildman–Crippen LogP) is 11.7. The highest BCUT2D eigenvalue weighted by Gasteiger charge is 2.02. The summed E-state index contributed by atoms with van der Waals surface area (Å²) in [7, 11) is 0. The molecule has 0 fully saturated rings. The Labute approximate surface area is 254 Å². The molecule has 2 heteroatoms. The van der Waals surface area contributed by atoms with Crippen molar-refractivity contribution in [2.75, 3.05) is 13.2 Å². The zero-order valence-electron chi connectivity index (χ0n) is 26.1. The third-order valence-electron chi connectivity index (χ3n) is 8.01. The lowest BCUT2D eigenvalue weighted by atomic mass is 10.0. The fraction of sp³-hybridized carbons (Fsp3) is 0.450. The fourth-order valence-electron chi connectivity index (χ4n) is 5.43. The van der Waals surface area contributed by atoms with Crippen molar-refractivity contribution in [1.82, 2.24) is 0 Å². The summed E-state index contributed by atoms with van der Waals surface area (Å²) in [4.78, 5) is 0. The first-order valence-corrected chi connectivity index (χ1v) is 16.6. The first-order chi connectivity index (χ1) is 20.7. The van der Waals surface area contributed by atoms with Gasteiger partial charge in [-0.1, -0.05) is 127 Å². The predicted molar refractivity (Wildman–Crippen MR) is 181 cm³/mol. The minimum Gasteiger partial charge on any atom is -0.494 e. The van der Waals surface area contributed by atoms with Gasteiger partial charge in [0.1, 0.15) is 11.5 Å². The Balaban J connectivity index is 1.25. The lowest BCUT2D eigenvalue weighted by Gasteiger charge is -2.08. The van der Waals surface area contributed by atoms with E-state index in [0.29, 0.717) is 0 Å². The second kappa shape index (κ2) is 18.2. The van der Waals surface area contributed by atoms with Crippen molar-refractivity contribution in [1.29, 1.82) is 0 Å². The molecule has 4 rings (SSSR count). The maximum atomic E-state index is 6.03. The van der Waals surface area contributed by atoms with Gasteiger partial charge < -0.3 is 9.47 Å². The molecule has 0 aromatic heterocycles. The maximum Gasteiger partial charge on any atom is 0.119 e. The average molecular weight is 563 g/mol. The minimum atomic E-state index is 0.794. The minimum absolute atomic E-state index is 0.794. The molecule has 0 atom stereocenters. The van der Waals surface area contributed by atoms with Crippen molar-refractivity contribution in [3.63, 3.8) is 0 Å². The van der Waals surface area contributed by atoms with Crippen molar-refractivity contribution in [3.8, 4) is 23.3 Å². The lowest BCUT2D eigenvalue weighted by Crippen LogP contribution is -1.97. The molecule has 0 heterocycles. The molecule has 0 spiro atoms. The summed E-state index contributed by atoms with van der Waals surface area (Å²) in [5, 5.41) is 4.75. The highest BCUT2D eigenvalue weighted by atomic mass is 16.5. The first-order valence-electron chi connectivity index (χ1n) is 16.6. The second-order valence-electron chi connectivity index (χ2n) is 11.6. The number of ether oxygens (including phenoxy) is 2. The van der Waals surface area contributed by atoms with Crippen LogP contribution in [0.2, 0.25) is 0 Å². The van der Waals surface area contributed by atoms with E-state index >= 15 is 0 Å². The van der Waals surface area contributed by atoms with Crippen molar-refractivity contribution in [2.24, 2.45) is 0 Å². The quantitative estimate of drug-likeness (QED) is 0.0887. The SMILES string of the molecule is CCCCCCCCCOc1ccc2cc(C#Cc3ccc4cc(OCCCCCCCCC)ccc4c3)ccc2c1. The molecule has 0 unspecified atom stereocenters. The van der Waals surface area contributed by atoms with Gasteiger partial charge in [0.2, 0.25) is 0 Å². The Morgan fingerprint density at radius 1 is 0.405 bits per heavy atom. The van der Waals surface area contributed by atoms with Gasteiger partial charge >= 0.3 is 0 Å². The van der Waals surface area contributed by atoms with Gasteiger partial charge in [0.15, 0.2) is 0 Å². The average Bonchev–Trinajstić information content (AvgIpc) is 3.02. The Morgan fingerprint density at radius 2 is 0.762 bits per heavy atom. The molecule has 0 radical (unpaired) electrons. The summed E-state index contributed by atoms with van der Waals surface area (Å²) < 4.78 is 12.1. The Hall–Kier alpha value is -3.44. The van der Waals surface area contributed by atoms with E-state index in [1.165, 1.54) is 98.6 Å². The van der Waals surface area contributed by atoms with Crippen LogP contribution in [0.4, 0.5) is 0 Å². The lowest BCUT2D eigenvalue weighted by molar-refractivity contribution is 0.304. The van der Waals surface area contributed by atoms with Crippen molar-refractivity contribution >= 4 is 21.5 Å². The third-order valence-corrected chi connectivity index (χ3v) is 8.01. The zero-order valence-corrected chi connectivity index (χ0v) is 26.1. The van der Waals surface area contributed by atoms with Crippen LogP contribution in [0.1, 0.15) is 115 Å². The molecule has 4 aromatic carbocycles. The summed E-state index contributed by atoms with van der Waals surface area (Å²) in [6.45, 7) is 6.12. The van der Waals surface area contributed by atoms with Gasteiger partial charge in [-0.15, -0.1) is 0 Å². The summed E-state index contributed by atoms with van der Waals surface area (Å²) in [5.74, 6) is 8.63. The monoisotopic (exact) mass is 562 g/mol. The number of hydrogen-bond acceptors (Lipinski definition) is 2. The van der Waals surface area contributed by atoms with Crippen LogP contribution in [0.25, 0.3) is 21.5 Å². The molecule has 0 saturated heterocycles. The topological polar surface area (TPSA) is 18.5 Å². The summed E-state index contributed by atoms with van der Waals surface area (Å²) in [6.07, 6.45) is 18.2. The number of hydrogen-bond donors (Lipinski definition) is 0. The Morgan fingerprint density at radius 3 is 1.19 bits per heavy atom. The van der Waals surface area contributed by atoms with Crippen LogP contribution < -0.4 is 9.47 Å². The van der Waals surface area contributed by atoms with Crippen LogP contribution in [-0.4, -0.2) is 13.2 Å². The molecular weight excluding hydrogens is 512 g/mol. The normalized spacial score (nSPS) is 11.0. The van der Waals surface area contributed by atoms with Crippen LogP contribution in [0.5, 0.6) is 11.5 Å². The molecule has 0 bridgehead atoms. The third kappa shape index (κ3) is 10.8. The van der Waals surface area contributed by atoms with Gasteiger partial charge in [-0.25, -0.2) is 0 Å². The molecule has 0 aliphatic heterocycles. The molecule has 42 heavy (non-hydrogen) atoms. The van der Waals surface area contributed by atoms with E-state index < -0.39 is 0 Å². The smallest absolute Gasteiger partial charge is 0.119 e. The summed E-state index contributed by atoms with van der Waals surface area (Å²) >= 11 is 0. The van der Waals surface area contributed by atoms with Crippen molar-refractivity contribution in [3.05, 3.63) is 83.9 Å². The van der Waals surface area contributed by atoms with Gasteiger partial charge in [0.25, 0.3) is 0 Å². The highest BCUT2D eigenvalue weighted by molar-refractivity contribution is 5.86. The van der Waals surface area contributed by atoms with Gasteiger partial charge in [-0.05, 0) is 82.9 Å². The molecule has 4 aromatic rings. The van der Waals surface area contributed by atoms with Crippen molar-refractivity contribution in [2.45, 2.75) is 104 Å². The van der Waals surface area contributed by atoms with Gasteiger partial charge in [-0.2, -0.15) is 0 Å². The van der Waals surface area contributed by atoms with Gasteiger partial charge in [0.05, 0.1) is 13.2 Å². The molecule has 0 aliphatic carbocycles. The molecular formula is C40H50O2. The maximum absolute atomic E-state index is 6.03. The molecule has 0 aliphatic rings. The van der Waals surface area contributed by atoms with E-state index in [-0.39, 0.29) is 0 Å². The molecule has 0 N–H and O–H groups in total. The first kappa shape index (κ1) is 31.5. The number of benzene rings is 4. The fourth-order valence-corrected chi connectivity index (χ4v) is 5.43. The highest BCUT2D eigenvalue weighted by Crippen LogP contribution is 2.24. The second-order valence-corrected chi connectivity index (χ2v) is 11.6. The van der Waals surface area contributed by atoms with Gasteiger partial charge in [0, 0.05) is 11.1 Å². The number of rotatable bonds is 18. The van der Waals surface area contributed by atoms with Crippen molar-refractivity contribution < 1.29 is 9.47 Å². The zero-order chi connectivity index (χ0) is 29.2. The number of unbranched alkanes of at least 4 members (excludes halogenated alkanes) is 12. The standard InChI is InChI=1S/C40H50O2/c1-3-5-7-9-11-13-15-27-41-39-25-23-35-29-33(19-21-37(35)31-39)17-18-34-20-22-38-32-40(26-24-36(38)30-34)42-28-16-14-12-10-8-6-4-2/h19-26,29-32H,3-16,27-28H2,1-2H3. The Bertz CT molecular complexity index is 1320. The number of fused-ring (bicyclic) bond motifs is 2. The summed E-state index contributed by atoms with van der Waals surface area (Å²) in [5.41, 5.74) is 2.04. The van der Waals surface area contributed by atoms with E-state index in [4.69, 9.17) is 9.47 Å². The largest absolute Gasteiger partial charge is 0.494 e. The van der Waals surface area contributed by atoms with Gasteiger partial charge in [-0.3, -0.25) is 0 Å². The van der Waals surface area contributed by atoms with E-state index in [1.54, 1.807) is 0 Å².